The van der Waals surface area contributed by atoms with Gasteiger partial charge in [-0.3, -0.25) is 4.79 Å². The summed E-state index contributed by atoms with van der Waals surface area (Å²) in [5.41, 5.74) is 0. The standard InChI is InChI=1S/C2H4O2.Co.V/c1-2(3)4;;/h1H3,(H,3,4);;. The van der Waals surface area contributed by atoms with Gasteiger partial charge < -0.3 is 5.11 Å². The van der Waals surface area contributed by atoms with Crippen LogP contribution < -0.4 is 0 Å². The number of aliphatic carboxylic acids is 1. The molecule has 0 saturated heterocycles. The molecule has 0 bridgehead atoms. The first-order valence-electron chi connectivity index (χ1n) is 0.928. The molecule has 0 fully saturated rings. The van der Waals surface area contributed by atoms with Crippen molar-refractivity contribution in [3.8, 4) is 0 Å². The van der Waals surface area contributed by atoms with E-state index in [1.54, 1.807) is 0 Å². The molecule has 0 unspecified atom stereocenters. The second-order valence-electron chi connectivity index (χ2n) is 0.519. The van der Waals surface area contributed by atoms with Gasteiger partial charge in [0, 0.05) is 42.3 Å². The third-order valence-corrected chi connectivity index (χ3v) is 0. The predicted octanol–water partition coefficient (Wildman–Crippen LogP) is 0.0859. The first-order valence-corrected chi connectivity index (χ1v) is 0.928. The average Bonchev–Trinajstić information content (AvgIpc) is 0.811. The Kier molecular flexibility index (Phi) is 24.3. The summed E-state index contributed by atoms with van der Waals surface area (Å²) in [4.78, 5) is 9.00. The Labute approximate surface area is 58.4 Å². The van der Waals surface area contributed by atoms with Crippen LogP contribution in [0.2, 0.25) is 0 Å². The van der Waals surface area contributed by atoms with E-state index in [0.29, 0.717) is 0 Å². The number of rotatable bonds is 0. The van der Waals surface area contributed by atoms with Crippen LogP contribution in [0.25, 0.3) is 0 Å². The second kappa shape index (κ2) is 9.12. The van der Waals surface area contributed by atoms with Gasteiger partial charge in [-0.2, -0.15) is 0 Å². The van der Waals surface area contributed by atoms with Crippen molar-refractivity contribution in [3.05, 3.63) is 0 Å². The molecule has 0 aliphatic rings. The number of hydrogen-bond donors (Lipinski definition) is 1. The van der Waals surface area contributed by atoms with E-state index in [1.807, 2.05) is 0 Å². The molecule has 0 atom stereocenters. The Morgan fingerprint density at radius 2 is 1.67 bits per heavy atom. The van der Waals surface area contributed by atoms with Gasteiger partial charge in [0.25, 0.3) is 5.97 Å². The summed E-state index contributed by atoms with van der Waals surface area (Å²) in [6, 6.07) is 0. The Balaban J connectivity index is -0.0000000450. The molecule has 0 rings (SSSR count). The van der Waals surface area contributed by atoms with Gasteiger partial charge in [0.15, 0.2) is 0 Å². The van der Waals surface area contributed by atoms with Crippen LogP contribution in [-0.4, -0.2) is 11.1 Å². The summed E-state index contributed by atoms with van der Waals surface area (Å²) in [7, 11) is 0. The molecule has 0 heterocycles. The zero-order valence-corrected chi connectivity index (χ0v) is 5.57. The minimum Gasteiger partial charge on any atom is -0.481 e. The normalized spacial score (nSPS) is 4.17. The minimum atomic E-state index is -0.833. The van der Waals surface area contributed by atoms with Crippen LogP contribution in [0.5, 0.6) is 0 Å². The van der Waals surface area contributed by atoms with Crippen molar-refractivity contribution in [1.82, 2.24) is 0 Å². The molecule has 0 saturated carbocycles. The molecule has 2 radical (unpaired) electrons. The van der Waals surface area contributed by atoms with Crippen LogP contribution in [0, 0.1) is 0 Å². The summed E-state index contributed by atoms with van der Waals surface area (Å²) in [5.74, 6) is -0.833. The molecule has 38 valence electrons. The first kappa shape index (κ1) is 16.0. The van der Waals surface area contributed by atoms with E-state index in [2.05, 4.69) is 0 Å². The van der Waals surface area contributed by atoms with Crippen molar-refractivity contribution in [3.63, 3.8) is 0 Å². The van der Waals surface area contributed by atoms with Gasteiger partial charge in [0.2, 0.25) is 0 Å². The van der Waals surface area contributed by atoms with Gasteiger partial charge in [0.1, 0.15) is 0 Å². The van der Waals surface area contributed by atoms with Crippen molar-refractivity contribution in [1.29, 1.82) is 0 Å². The van der Waals surface area contributed by atoms with Crippen molar-refractivity contribution in [2.45, 2.75) is 6.92 Å². The molecular weight excluding hydrogens is 166 g/mol. The monoisotopic (exact) mass is 170 g/mol. The molecule has 0 aromatic heterocycles. The van der Waals surface area contributed by atoms with E-state index < -0.39 is 5.97 Å². The number of carboxylic acids is 1. The molecule has 0 aliphatic carbocycles. The fourth-order valence-electron chi connectivity index (χ4n) is 0. The summed E-state index contributed by atoms with van der Waals surface area (Å²) in [6.07, 6.45) is 0. The molecule has 0 amide bonds. The molecule has 0 aromatic carbocycles. The van der Waals surface area contributed by atoms with Crippen LogP contribution in [0.15, 0.2) is 0 Å². The van der Waals surface area contributed by atoms with Crippen molar-refractivity contribution in [2.75, 3.05) is 0 Å². The topological polar surface area (TPSA) is 37.3 Å². The third kappa shape index (κ3) is 184. The Morgan fingerprint density at radius 3 is 1.67 bits per heavy atom. The second-order valence-corrected chi connectivity index (χ2v) is 0.519. The maximum Gasteiger partial charge on any atom is 0.300 e. The fourth-order valence-corrected chi connectivity index (χ4v) is 0. The minimum absolute atomic E-state index is 0. The molecule has 1 N–H and O–H groups in total. The number of carboxylic acid groups (broad SMARTS) is 1. The third-order valence-electron chi connectivity index (χ3n) is 0. The van der Waals surface area contributed by atoms with Crippen molar-refractivity contribution >= 4 is 5.97 Å². The zero-order chi connectivity index (χ0) is 3.58. The van der Waals surface area contributed by atoms with Gasteiger partial charge in [-0.05, 0) is 0 Å². The van der Waals surface area contributed by atoms with Crippen LogP contribution in [-0.2, 0) is 40.1 Å². The summed E-state index contributed by atoms with van der Waals surface area (Å²) in [5, 5.41) is 7.42. The molecule has 6 heavy (non-hydrogen) atoms. The van der Waals surface area contributed by atoms with Crippen molar-refractivity contribution in [2.24, 2.45) is 0 Å². The predicted molar refractivity (Wildman–Crippen MR) is 13.3 cm³/mol. The van der Waals surface area contributed by atoms with E-state index in [0.717, 1.165) is 6.92 Å². The molecule has 4 heteroatoms. The number of hydrogen-bond acceptors (Lipinski definition) is 1. The average molecular weight is 170 g/mol. The Bertz CT molecular complexity index is 34.5. The Hall–Kier alpha value is 0.561. The van der Waals surface area contributed by atoms with Gasteiger partial charge in [-0.15, -0.1) is 0 Å². The maximum absolute atomic E-state index is 9.00. The van der Waals surface area contributed by atoms with E-state index in [-0.39, 0.29) is 35.3 Å². The molecule has 2 nitrogen and oxygen atoms in total. The Morgan fingerprint density at radius 1 is 1.67 bits per heavy atom. The largest absolute Gasteiger partial charge is 0.481 e. The molecule has 0 spiro atoms. The van der Waals surface area contributed by atoms with Gasteiger partial charge >= 0.3 is 0 Å². The molecule has 0 aromatic rings. The van der Waals surface area contributed by atoms with Gasteiger partial charge in [0.05, 0.1) is 0 Å². The van der Waals surface area contributed by atoms with Crippen LogP contribution in [0.1, 0.15) is 6.92 Å². The molecular formula is C2H4CoO2V. The molecule has 0 aliphatic heterocycles. The van der Waals surface area contributed by atoms with Crippen LogP contribution in [0.4, 0.5) is 0 Å². The first-order chi connectivity index (χ1) is 1.73. The van der Waals surface area contributed by atoms with Crippen molar-refractivity contribution < 1.29 is 45.2 Å². The summed E-state index contributed by atoms with van der Waals surface area (Å²) < 4.78 is 0. The van der Waals surface area contributed by atoms with Crippen LogP contribution in [0.3, 0.4) is 0 Å². The van der Waals surface area contributed by atoms with Crippen LogP contribution >= 0.6 is 0 Å². The SMILES string of the molecule is CC(=O)O.[Co].[V]. The fraction of sp³-hybridized carbons (Fsp3) is 0.500. The maximum atomic E-state index is 9.00. The van der Waals surface area contributed by atoms with E-state index in [4.69, 9.17) is 9.90 Å². The zero-order valence-electron chi connectivity index (χ0n) is 3.14. The van der Waals surface area contributed by atoms with Gasteiger partial charge in [-0.25, -0.2) is 0 Å². The van der Waals surface area contributed by atoms with Gasteiger partial charge in [-0.1, -0.05) is 0 Å². The summed E-state index contributed by atoms with van der Waals surface area (Å²) in [6.45, 7) is 1.08. The summed E-state index contributed by atoms with van der Waals surface area (Å²) >= 11 is 0. The van der Waals surface area contributed by atoms with E-state index in [9.17, 15) is 0 Å². The number of carbonyl (C=O) groups is 1. The van der Waals surface area contributed by atoms with E-state index in [1.165, 1.54) is 0 Å². The smallest absolute Gasteiger partial charge is 0.300 e. The quantitative estimate of drug-likeness (QED) is 0.559. The van der Waals surface area contributed by atoms with E-state index >= 15 is 0 Å².